The van der Waals surface area contributed by atoms with Gasteiger partial charge in [-0.2, -0.15) is 0 Å². The van der Waals surface area contributed by atoms with E-state index in [0.717, 1.165) is 0 Å². The van der Waals surface area contributed by atoms with Crippen molar-refractivity contribution >= 4 is 17.6 Å². The monoisotopic (exact) mass is 228 g/mol. The molecule has 1 aliphatic rings. The minimum absolute atomic E-state index is 0.198. The van der Waals surface area contributed by atoms with E-state index in [1.165, 1.54) is 7.11 Å². The van der Waals surface area contributed by atoms with Gasteiger partial charge in [-0.05, 0) is 17.7 Å². The number of ether oxygens (including phenoxy) is 3. The zero-order valence-electron chi connectivity index (χ0n) is 8.03. The normalized spacial score (nSPS) is 14.8. The van der Waals surface area contributed by atoms with E-state index in [9.17, 15) is 4.79 Å². The smallest absolute Gasteiger partial charge is 0.328 e. The Morgan fingerprint density at radius 1 is 1.47 bits per heavy atom. The summed E-state index contributed by atoms with van der Waals surface area (Å²) in [6, 6.07) is 5.11. The summed E-state index contributed by atoms with van der Waals surface area (Å²) in [5.74, 6) is 0.769. The average Bonchev–Trinajstić information content (AvgIpc) is 2.73. The van der Waals surface area contributed by atoms with Crippen LogP contribution in [-0.4, -0.2) is 19.9 Å². The number of halogens is 1. The van der Waals surface area contributed by atoms with Crippen LogP contribution in [0.15, 0.2) is 18.2 Å². The molecule has 0 saturated heterocycles. The van der Waals surface area contributed by atoms with Crippen molar-refractivity contribution in [2.24, 2.45) is 0 Å². The molecule has 4 nitrogen and oxygen atoms in total. The van der Waals surface area contributed by atoms with E-state index in [-0.39, 0.29) is 6.79 Å². The molecule has 0 aliphatic carbocycles. The van der Waals surface area contributed by atoms with Crippen LogP contribution in [0.1, 0.15) is 10.9 Å². The van der Waals surface area contributed by atoms with Gasteiger partial charge in [-0.15, -0.1) is 11.6 Å². The van der Waals surface area contributed by atoms with Crippen molar-refractivity contribution in [3.8, 4) is 11.5 Å². The first-order chi connectivity index (χ1) is 7.22. The van der Waals surface area contributed by atoms with Crippen molar-refractivity contribution in [3.05, 3.63) is 23.8 Å². The molecule has 1 heterocycles. The molecule has 80 valence electrons. The second-order valence-corrected chi connectivity index (χ2v) is 3.43. The Bertz CT molecular complexity index is 391. The van der Waals surface area contributed by atoms with Gasteiger partial charge >= 0.3 is 5.97 Å². The Kier molecular flexibility index (Phi) is 2.68. The quantitative estimate of drug-likeness (QED) is 0.573. The number of rotatable bonds is 2. The molecule has 0 fully saturated rings. The molecule has 0 N–H and O–H groups in total. The van der Waals surface area contributed by atoms with Crippen LogP contribution >= 0.6 is 11.6 Å². The number of fused-ring (bicyclic) bond motifs is 1. The predicted molar refractivity (Wildman–Crippen MR) is 53.2 cm³/mol. The molecule has 15 heavy (non-hydrogen) atoms. The molecule has 0 bridgehead atoms. The number of carbonyl (C=O) groups excluding carboxylic acids is 1. The third-order valence-corrected chi connectivity index (χ3v) is 2.53. The van der Waals surface area contributed by atoms with Crippen LogP contribution in [0, 0.1) is 0 Å². The van der Waals surface area contributed by atoms with Gasteiger partial charge in [0, 0.05) is 0 Å². The fourth-order valence-corrected chi connectivity index (χ4v) is 1.54. The predicted octanol–water partition coefficient (Wildman–Crippen LogP) is 1.87. The highest BCUT2D eigenvalue weighted by Crippen LogP contribution is 2.35. The topological polar surface area (TPSA) is 44.8 Å². The van der Waals surface area contributed by atoms with E-state index >= 15 is 0 Å². The van der Waals surface area contributed by atoms with Gasteiger partial charge in [0.25, 0.3) is 0 Å². The van der Waals surface area contributed by atoms with Gasteiger partial charge in [-0.3, -0.25) is 4.79 Å². The summed E-state index contributed by atoms with van der Waals surface area (Å²) in [5, 5.41) is -0.815. The summed E-state index contributed by atoms with van der Waals surface area (Å²) in [4.78, 5) is 11.2. The van der Waals surface area contributed by atoms with E-state index in [4.69, 9.17) is 21.1 Å². The summed E-state index contributed by atoms with van der Waals surface area (Å²) in [6.45, 7) is 0.198. The molecule has 1 aliphatic heterocycles. The minimum Gasteiger partial charge on any atom is -0.468 e. The molecule has 1 aromatic rings. The average molecular weight is 229 g/mol. The van der Waals surface area contributed by atoms with Gasteiger partial charge in [-0.1, -0.05) is 6.07 Å². The van der Waals surface area contributed by atoms with Gasteiger partial charge in [0.05, 0.1) is 7.11 Å². The largest absolute Gasteiger partial charge is 0.468 e. The Morgan fingerprint density at radius 3 is 2.93 bits per heavy atom. The van der Waals surface area contributed by atoms with E-state index in [1.807, 2.05) is 0 Å². The van der Waals surface area contributed by atoms with Gasteiger partial charge in [0.2, 0.25) is 6.79 Å². The van der Waals surface area contributed by atoms with E-state index in [1.54, 1.807) is 18.2 Å². The molecule has 0 aromatic heterocycles. The number of methoxy groups -OCH3 is 1. The van der Waals surface area contributed by atoms with Crippen molar-refractivity contribution < 1.29 is 19.0 Å². The third-order valence-electron chi connectivity index (χ3n) is 2.10. The number of esters is 1. The summed E-state index contributed by atoms with van der Waals surface area (Å²) in [5.41, 5.74) is 0.632. The number of hydrogen-bond acceptors (Lipinski definition) is 4. The Balaban J connectivity index is 2.26. The van der Waals surface area contributed by atoms with Crippen molar-refractivity contribution in [3.63, 3.8) is 0 Å². The molecule has 5 heteroatoms. The number of carbonyl (C=O) groups is 1. The van der Waals surface area contributed by atoms with Crippen LogP contribution in [0.4, 0.5) is 0 Å². The first kappa shape index (κ1) is 10.1. The Hall–Kier alpha value is -1.42. The summed E-state index contributed by atoms with van der Waals surface area (Å²) in [6.07, 6.45) is 0. The van der Waals surface area contributed by atoms with Gasteiger partial charge in [-0.25, -0.2) is 0 Å². The highest BCUT2D eigenvalue weighted by molar-refractivity contribution is 6.29. The first-order valence-electron chi connectivity index (χ1n) is 4.34. The first-order valence-corrected chi connectivity index (χ1v) is 4.77. The molecule has 1 atom stereocenters. The van der Waals surface area contributed by atoms with Crippen LogP contribution in [0.5, 0.6) is 11.5 Å². The van der Waals surface area contributed by atoms with Crippen LogP contribution in [0.2, 0.25) is 0 Å². The number of benzene rings is 1. The highest BCUT2D eigenvalue weighted by Gasteiger charge is 2.21. The molecule has 0 saturated carbocycles. The van der Waals surface area contributed by atoms with E-state index < -0.39 is 11.3 Å². The van der Waals surface area contributed by atoms with Crippen LogP contribution < -0.4 is 9.47 Å². The van der Waals surface area contributed by atoms with Crippen molar-refractivity contribution in [2.75, 3.05) is 13.9 Å². The van der Waals surface area contributed by atoms with Crippen LogP contribution in [-0.2, 0) is 9.53 Å². The lowest BCUT2D eigenvalue weighted by Gasteiger charge is -2.07. The lowest BCUT2D eigenvalue weighted by molar-refractivity contribution is -0.140. The zero-order chi connectivity index (χ0) is 10.8. The van der Waals surface area contributed by atoms with E-state index in [2.05, 4.69) is 4.74 Å². The molecule has 0 spiro atoms. The molecule has 2 rings (SSSR count). The van der Waals surface area contributed by atoms with Gasteiger partial charge in [0.15, 0.2) is 16.9 Å². The maximum atomic E-state index is 11.2. The highest BCUT2D eigenvalue weighted by atomic mass is 35.5. The fourth-order valence-electron chi connectivity index (χ4n) is 1.31. The molecule has 1 aromatic carbocycles. The summed E-state index contributed by atoms with van der Waals surface area (Å²) < 4.78 is 14.9. The van der Waals surface area contributed by atoms with Crippen molar-refractivity contribution in [1.29, 1.82) is 0 Å². The fraction of sp³-hybridized carbons (Fsp3) is 0.300. The zero-order valence-corrected chi connectivity index (χ0v) is 8.78. The Labute approximate surface area is 91.7 Å². The molecular weight excluding hydrogens is 220 g/mol. The third kappa shape index (κ3) is 1.85. The number of alkyl halides is 1. The Morgan fingerprint density at radius 2 is 2.20 bits per heavy atom. The van der Waals surface area contributed by atoms with E-state index in [0.29, 0.717) is 17.1 Å². The summed E-state index contributed by atoms with van der Waals surface area (Å²) >= 11 is 5.89. The maximum absolute atomic E-state index is 11.2. The second-order valence-electron chi connectivity index (χ2n) is 3.00. The molecule has 0 radical (unpaired) electrons. The number of hydrogen-bond donors (Lipinski definition) is 0. The lowest BCUT2D eigenvalue weighted by atomic mass is 10.1. The van der Waals surface area contributed by atoms with Gasteiger partial charge < -0.3 is 14.2 Å². The van der Waals surface area contributed by atoms with Gasteiger partial charge in [0.1, 0.15) is 0 Å². The maximum Gasteiger partial charge on any atom is 0.328 e. The minimum atomic E-state index is -0.815. The van der Waals surface area contributed by atoms with Crippen molar-refractivity contribution in [2.45, 2.75) is 5.38 Å². The lowest BCUT2D eigenvalue weighted by Crippen LogP contribution is -2.08. The molecular formula is C10H9ClO4. The van der Waals surface area contributed by atoms with Crippen LogP contribution in [0.3, 0.4) is 0 Å². The molecule has 1 unspecified atom stereocenters. The van der Waals surface area contributed by atoms with Crippen molar-refractivity contribution in [1.82, 2.24) is 0 Å². The standard InChI is InChI=1S/C10H9ClO4/c1-13-10(12)9(11)6-2-3-7-8(4-6)15-5-14-7/h2-4,9H,5H2,1H3. The second kappa shape index (κ2) is 3.98. The SMILES string of the molecule is COC(=O)C(Cl)c1ccc2c(c1)OCO2. The summed E-state index contributed by atoms with van der Waals surface area (Å²) in [7, 11) is 1.30. The van der Waals surface area contributed by atoms with Crippen LogP contribution in [0.25, 0.3) is 0 Å². The molecule has 0 amide bonds.